The van der Waals surface area contributed by atoms with Crippen molar-refractivity contribution < 1.29 is 14.7 Å². The molecule has 0 aromatic carbocycles. The minimum atomic E-state index is -0.968. The van der Waals surface area contributed by atoms with Gasteiger partial charge in [-0.25, -0.2) is 4.79 Å². The monoisotopic (exact) mass is 270 g/mol. The van der Waals surface area contributed by atoms with Crippen molar-refractivity contribution in [2.45, 2.75) is 58.9 Å². The molecule has 1 aliphatic rings. The van der Waals surface area contributed by atoms with E-state index in [0.717, 1.165) is 25.7 Å². The summed E-state index contributed by atoms with van der Waals surface area (Å²) in [6, 6.07) is -0.313. The smallest absolute Gasteiger partial charge is 0.323 e. The molecule has 0 spiro atoms. The average Bonchev–Trinajstić information content (AvgIpc) is 2.33. The Bertz CT molecular complexity index is 321. The Morgan fingerprint density at radius 1 is 1.37 bits per heavy atom. The molecule has 0 saturated heterocycles. The number of carboxylic acid groups (broad SMARTS) is 1. The maximum Gasteiger partial charge on any atom is 0.323 e. The highest BCUT2D eigenvalue weighted by atomic mass is 16.4. The van der Waals surface area contributed by atoms with Crippen molar-refractivity contribution in [3.63, 3.8) is 0 Å². The van der Waals surface area contributed by atoms with Crippen LogP contribution >= 0.6 is 0 Å². The fourth-order valence-corrected chi connectivity index (χ4v) is 2.49. The van der Waals surface area contributed by atoms with Gasteiger partial charge in [-0.2, -0.15) is 0 Å². The van der Waals surface area contributed by atoms with Crippen molar-refractivity contribution in [3.8, 4) is 0 Å². The van der Waals surface area contributed by atoms with Gasteiger partial charge in [0.2, 0.25) is 0 Å². The number of aliphatic carboxylic acids is 1. The Hall–Kier alpha value is -1.26. The zero-order valence-electron chi connectivity index (χ0n) is 12.2. The first kappa shape index (κ1) is 15.8. The zero-order chi connectivity index (χ0) is 14.5. The Kier molecular flexibility index (Phi) is 5.63. The van der Waals surface area contributed by atoms with E-state index in [1.807, 2.05) is 13.8 Å². The van der Waals surface area contributed by atoms with Crippen molar-refractivity contribution in [1.82, 2.24) is 10.2 Å². The van der Waals surface area contributed by atoms with E-state index >= 15 is 0 Å². The molecule has 1 rings (SSSR count). The lowest BCUT2D eigenvalue weighted by atomic mass is 9.67. The normalized spacial score (nSPS) is 18.3. The van der Waals surface area contributed by atoms with E-state index in [4.69, 9.17) is 5.11 Å². The first-order valence-electron chi connectivity index (χ1n) is 7.20. The molecule has 1 atom stereocenters. The van der Waals surface area contributed by atoms with Crippen molar-refractivity contribution in [3.05, 3.63) is 0 Å². The van der Waals surface area contributed by atoms with Gasteiger partial charge in [0.25, 0.3) is 0 Å². The van der Waals surface area contributed by atoms with Crippen molar-refractivity contribution in [2.75, 3.05) is 13.1 Å². The number of hydrogen-bond acceptors (Lipinski definition) is 2. The van der Waals surface area contributed by atoms with Crippen LogP contribution in [0.2, 0.25) is 0 Å². The Labute approximate surface area is 115 Å². The maximum absolute atomic E-state index is 12.1. The highest BCUT2D eigenvalue weighted by Crippen LogP contribution is 2.43. The van der Waals surface area contributed by atoms with Crippen LogP contribution < -0.4 is 5.32 Å². The van der Waals surface area contributed by atoms with E-state index in [0.29, 0.717) is 6.54 Å². The highest BCUT2D eigenvalue weighted by Gasteiger charge is 2.35. The third-order valence-corrected chi connectivity index (χ3v) is 4.47. The molecule has 0 radical (unpaired) electrons. The molecule has 0 bridgehead atoms. The molecule has 1 saturated carbocycles. The number of urea groups is 1. The molecular formula is C14H26N2O3. The molecule has 1 unspecified atom stereocenters. The summed E-state index contributed by atoms with van der Waals surface area (Å²) in [4.78, 5) is 24.4. The molecule has 1 fully saturated rings. The van der Waals surface area contributed by atoms with Crippen LogP contribution in [0.1, 0.15) is 52.9 Å². The molecule has 5 heteroatoms. The van der Waals surface area contributed by atoms with Gasteiger partial charge < -0.3 is 15.3 Å². The van der Waals surface area contributed by atoms with Crippen LogP contribution in [0.5, 0.6) is 0 Å². The predicted molar refractivity (Wildman–Crippen MR) is 74.1 cm³/mol. The molecule has 0 heterocycles. The summed E-state index contributed by atoms with van der Waals surface area (Å²) in [6.07, 6.45) is 5.36. The summed E-state index contributed by atoms with van der Waals surface area (Å²) < 4.78 is 0. The highest BCUT2D eigenvalue weighted by molar-refractivity contribution is 5.80. The standard InChI is InChI=1S/C14H26N2O3/c1-4-11(3)16(9-12(17)18)13(19)15-10-14(5-2)7-6-8-14/h11H,4-10H2,1-3H3,(H,15,19)(H,17,18). The largest absolute Gasteiger partial charge is 0.480 e. The van der Waals surface area contributed by atoms with E-state index in [2.05, 4.69) is 12.2 Å². The molecule has 110 valence electrons. The van der Waals surface area contributed by atoms with Crippen LogP contribution in [0.4, 0.5) is 4.79 Å². The van der Waals surface area contributed by atoms with Gasteiger partial charge >= 0.3 is 12.0 Å². The summed E-state index contributed by atoms with van der Waals surface area (Å²) in [7, 11) is 0. The second-order valence-corrected chi connectivity index (χ2v) is 5.64. The quantitative estimate of drug-likeness (QED) is 0.746. The predicted octanol–water partition coefficient (Wildman–Crippen LogP) is 2.46. The Morgan fingerprint density at radius 2 is 2.00 bits per heavy atom. The molecule has 19 heavy (non-hydrogen) atoms. The number of rotatable bonds is 7. The third-order valence-electron chi connectivity index (χ3n) is 4.47. The molecule has 0 aromatic rings. The lowest BCUT2D eigenvalue weighted by molar-refractivity contribution is -0.138. The van der Waals surface area contributed by atoms with Crippen LogP contribution in [-0.2, 0) is 4.79 Å². The number of hydrogen-bond donors (Lipinski definition) is 2. The van der Waals surface area contributed by atoms with Crippen LogP contribution in [-0.4, -0.2) is 41.1 Å². The minimum Gasteiger partial charge on any atom is -0.480 e. The Morgan fingerprint density at radius 3 is 2.37 bits per heavy atom. The van der Waals surface area contributed by atoms with Crippen LogP contribution in [0.15, 0.2) is 0 Å². The van der Waals surface area contributed by atoms with Gasteiger partial charge in [-0.05, 0) is 38.0 Å². The fraction of sp³-hybridized carbons (Fsp3) is 0.857. The molecule has 1 aliphatic carbocycles. The number of carbonyl (C=O) groups is 2. The van der Waals surface area contributed by atoms with Gasteiger partial charge in [-0.1, -0.05) is 20.3 Å². The number of nitrogens with zero attached hydrogens (tertiary/aromatic N) is 1. The summed E-state index contributed by atoms with van der Waals surface area (Å²) in [6.45, 7) is 6.40. The van der Waals surface area contributed by atoms with Gasteiger partial charge in [0.1, 0.15) is 6.54 Å². The maximum atomic E-state index is 12.1. The van der Waals surface area contributed by atoms with Gasteiger partial charge in [0, 0.05) is 12.6 Å². The van der Waals surface area contributed by atoms with Gasteiger partial charge in [-0.3, -0.25) is 4.79 Å². The van der Waals surface area contributed by atoms with E-state index < -0.39 is 5.97 Å². The number of amides is 2. The van der Waals surface area contributed by atoms with Crippen LogP contribution in [0, 0.1) is 5.41 Å². The lowest BCUT2D eigenvalue weighted by Gasteiger charge is -2.42. The summed E-state index contributed by atoms with van der Waals surface area (Å²) in [5.41, 5.74) is 0.250. The zero-order valence-corrected chi connectivity index (χ0v) is 12.2. The second-order valence-electron chi connectivity index (χ2n) is 5.64. The Balaban J connectivity index is 2.54. The summed E-state index contributed by atoms with van der Waals surface area (Å²) >= 11 is 0. The topological polar surface area (TPSA) is 69.6 Å². The molecule has 2 N–H and O–H groups in total. The van der Waals surface area contributed by atoms with Crippen molar-refractivity contribution >= 4 is 12.0 Å². The SMILES string of the molecule is CCC(C)N(CC(=O)O)C(=O)NCC1(CC)CCC1. The van der Waals surface area contributed by atoms with Crippen molar-refractivity contribution in [1.29, 1.82) is 0 Å². The van der Waals surface area contributed by atoms with E-state index in [1.165, 1.54) is 11.3 Å². The first-order valence-corrected chi connectivity index (χ1v) is 7.20. The van der Waals surface area contributed by atoms with E-state index in [1.54, 1.807) is 0 Å². The molecule has 2 amide bonds. The molecule has 0 aliphatic heterocycles. The number of carbonyl (C=O) groups excluding carboxylic acids is 1. The van der Waals surface area contributed by atoms with Crippen molar-refractivity contribution in [2.24, 2.45) is 5.41 Å². The van der Waals surface area contributed by atoms with Crippen LogP contribution in [0.25, 0.3) is 0 Å². The van der Waals surface area contributed by atoms with Gasteiger partial charge in [-0.15, -0.1) is 0 Å². The van der Waals surface area contributed by atoms with Gasteiger partial charge in [0.05, 0.1) is 0 Å². The number of carboxylic acids is 1. The third kappa shape index (κ3) is 4.11. The fourth-order valence-electron chi connectivity index (χ4n) is 2.49. The van der Waals surface area contributed by atoms with Gasteiger partial charge in [0.15, 0.2) is 0 Å². The minimum absolute atomic E-state index is 0.0601. The number of nitrogens with one attached hydrogen (secondary N) is 1. The van der Waals surface area contributed by atoms with E-state index in [9.17, 15) is 9.59 Å². The molecule has 5 nitrogen and oxygen atoms in total. The lowest BCUT2D eigenvalue weighted by Crippen LogP contribution is -2.51. The summed E-state index contributed by atoms with van der Waals surface area (Å²) in [5.74, 6) is -0.968. The average molecular weight is 270 g/mol. The van der Waals surface area contributed by atoms with Crippen LogP contribution in [0.3, 0.4) is 0 Å². The second kappa shape index (κ2) is 6.78. The molecule has 0 aromatic heterocycles. The first-order chi connectivity index (χ1) is 8.94. The van der Waals surface area contributed by atoms with E-state index in [-0.39, 0.29) is 24.0 Å². The summed E-state index contributed by atoms with van der Waals surface area (Å²) in [5, 5.41) is 11.8. The molecular weight excluding hydrogens is 244 g/mol.